The number of nitrogens with zero attached hydrogens (tertiary/aromatic N) is 3. The van der Waals surface area contributed by atoms with Crippen molar-refractivity contribution in [3.05, 3.63) is 72.2 Å². The van der Waals surface area contributed by atoms with Gasteiger partial charge in [-0.05, 0) is 62.7 Å². The number of anilines is 2. The predicted octanol–water partition coefficient (Wildman–Crippen LogP) is 7.05. The van der Waals surface area contributed by atoms with Crippen molar-refractivity contribution in [1.82, 2.24) is 14.5 Å². The molecule has 0 aliphatic rings. The Morgan fingerprint density at radius 1 is 1.03 bits per heavy atom. The van der Waals surface area contributed by atoms with Crippen molar-refractivity contribution >= 4 is 22.4 Å². The van der Waals surface area contributed by atoms with Crippen molar-refractivity contribution in [2.75, 3.05) is 12.4 Å². The molecule has 7 heteroatoms. The molecular formula is C29H30N4O3. The Kier molecular flexibility index (Phi) is 6.14. The number of aromatic nitrogens is 3. The Morgan fingerprint density at radius 2 is 1.86 bits per heavy atom. The van der Waals surface area contributed by atoms with E-state index in [4.69, 9.17) is 18.9 Å². The molecule has 184 valence electrons. The molecule has 0 saturated carbocycles. The van der Waals surface area contributed by atoms with Gasteiger partial charge in [0.1, 0.15) is 22.8 Å². The number of imidazole rings is 1. The van der Waals surface area contributed by atoms with Gasteiger partial charge < -0.3 is 23.8 Å². The van der Waals surface area contributed by atoms with Crippen LogP contribution in [0.5, 0.6) is 11.5 Å². The van der Waals surface area contributed by atoms with Crippen LogP contribution >= 0.6 is 0 Å². The lowest BCUT2D eigenvalue weighted by Gasteiger charge is -2.12. The molecule has 0 radical (unpaired) electrons. The second kappa shape index (κ2) is 9.41. The lowest BCUT2D eigenvalue weighted by molar-refractivity contribution is 0.242. The number of hydrogen-bond donors (Lipinski definition) is 1. The average Bonchev–Trinajstić information content (AvgIpc) is 3.42. The first-order valence-corrected chi connectivity index (χ1v) is 11.9. The fourth-order valence-corrected chi connectivity index (χ4v) is 4.38. The van der Waals surface area contributed by atoms with Crippen LogP contribution in [0.1, 0.15) is 25.3 Å². The summed E-state index contributed by atoms with van der Waals surface area (Å²) < 4.78 is 19.4. The Labute approximate surface area is 210 Å². The third-order valence-electron chi connectivity index (χ3n) is 5.96. The molecule has 1 N–H and O–H groups in total. The Morgan fingerprint density at radius 3 is 2.58 bits per heavy atom. The second-order valence-electron chi connectivity index (χ2n) is 9.15. The minimum absolute atomic E-state index is 0.107. The van der Waals surface area contributed by atoms with Crippen LogP contribution in [0.15, 0.2) is 65.2 Å². The molecule has 0 saturated heterocycles. The van der Waals surface area contributed by atoms with Crippen molar-refractivity contribution in [2.45, 2.75) is 33.8 Å². The fourth-order valence-electron chi connectivity index (χ4n) is 4.38. The summed E-state index contributed by atoms with van der Waals surface area (Å²) in [6.45, 7) is 7.96. The van der Waals surface area contributed by atoms with Crippen LogP contribution in [0.4, 0.5) is 11.4 Å². The molecule has 2 aromatic heterocycles. The summed E-state index contributed by atoms with van der Waals surface area (Å²) in [6, 6.07) is 18.3. The van der Waals surface area contributed by atoms with E-state index in [0.717, 1.165) is 50.7 Å². The van der Waals surface area contributed by atoms with Crippen LogP contribution in [0.2, 0.25) is 0 Å². The van der Waals surface area contributed by atoms with Gasteiger partial charge in [-0.3, -0.25) is 0 Å². The monoisotopic (exact) mass is 482 g/mol. The van der Waals surface area contributed by atoms with Crippen molar-refractivity contribution < 1.29 is 13.9 Å². The zero-order valence-corrected chi connectivity index (χ0v) is 21.4. The number of methoxy groups -OCH3 is 1. The van der Waals surface area contributed by atoms with Gasteiger partial charge in [0, 0.05) is 31.3 Å². The first kappa shape index (κ1) is 23.5. The van der Waals surface area contributed by atoms with E-state index in [9.17, 15) is 0 Å². The largest absolute Gasteiger partial charge is 0.496 e. The number of benzene rings is 3. The highest BCUT2D eigenvalue weighted by atomic mass is 16.5. The number of aryl methyl sites for hydroxylation is 3. The quantitative estimate of drug-likeness (QED) is 0.268. The number of ether oxygens (including phenoxy) is 2. The summed E-state index contributed by atoms with van der Waals surface area (Å²) in [5.74, 6) is 3.69. The summed E-state index contributed by atoms with van der Waals surface area (Å²) in [7, 11) is 3.69. The number of hydrogen-bond acceptors (Lipinski definition) is 6. The Hall–Kier alpha value is -4.26. The molecule has 36 heavy (non-hydrogen) atoms. The highest BCUT2D eigenvalue weighted by Crippen LogP contribution is 2.36. The maximum Gasteiger partial charge on any atom is 0.191 e. The first-order valence-electron chi connectivity index (χ1n) is 11.9. The standard InChI is InChI=1S/C29H30N4O3/c1-17(2)35-22-9-7-8-20(14-22)29-32-28-24(12-18(3)13-25(28)33(29)5)31-21-10-11-23(26(15-21)34-6)27-16-30-19(4)36-27/h7-17,31H,1-6H3. The molecule has 5 rings (SSSR count). The predicted molar refractivity (Wildman–Crippen MR) is 143 cm³/mol. The lowest BCUT2D eigenvalue weighted by atomic mass is 10.1. The molecule has 0 bridgehead atoms. The summed E-state index contributed by atoms with van der Waals surface area (Å²) in [5, 5.41) is 3.55. The van der Waals surface area contributed by atoms with E-state index in [-0.39, 0.29) is 6.10 Å². The van der Waals surface area contributed by atoms with Crippen LogP contribution in [-0.4, -0.2) is 27.7 Å². The molecule has 0 aliphatic carbocycles. The molecule has 0 unspecified atom stereocenters. The SMILES string of the molecule is COc1cc(Nc2cc(C)cc3c2nc(-c2cccc(OC(C)C)c2)n3C)ccc1-c1cnc(C)o1. The van der Waals surface area contributed by atoms with Gasteiger partial charge in [0.05, 0.1) is 36.2 Å². The van der Waals surface area contributed by atoms with Gasteiger partial charge in [-0.25, -0.2) is 9.97 Å². The highest BCUT2D eigenvalue weighted by molar-refractivity contribution is 5.94. The van der Waals surface area contributed by atoms with E-state index in [1.54, 1.807) is 13.3 Å². The zero-order valence-electron chi connectivity index (χ0n) is 21.4. The van der Waals surface area contributed by atoms with Crippen molar-refractivity contribution in [2.24, 2.45) is 7.05 Å². The molecule has 0 amide bonds. The van der Waals surface area contributed by atoms with E-state index >= 15 is 0 Å². The normalized spacial score (nSPS) is 11.3. The zero-order chi connectivity index (χ0) is 25.4. The maximum absolute atomic E-state index is 5.91. The van der Waals surface area contributed by atoms with Gasteiger partial charge in [-0.1, -0.05) is 12.1 Å². The summed E-state index contributed by atoms with van der Waals surface area (Å²) in [6.07, 6.45) is 1.82. The molecule has 5 aromatic rings. The summed E-state index contributed by atoms with van der Waals surface area (Å²) >= 11 is 0. The molecule has 0 spiro atoms. The number of rotatable bonds is 7. The van der Waals surface area contributed by atoms with Gasteiger partial charge in [0.15, 0.2) is 11.7 Å². The van der Waals surface area contributed by atoms with Crippen molar-refractivity contribution in [3.63, 3.8) is 0 Å². The average molecular weight is 483 g/mol. The van der Waals surface area contributed by atoms with Gasteiger partial charge in [0.2, 0.25) is 0 Å². The highest BCUT2D eigenvalue weighted by Gasteiger charge is 2.16. The molecule has 7 nitrogen and oxygen atoms in total. The number of fused-ring (bicyclic) bond motifs is 1. The van der Waals surface area contributed by atoms with E-state index < -0.39 is 0 Å². The smallest absolute Gasteiger partial charge is 0.191 e. The number of oxazole rings is 1. The van der Waals surface area contributed by atoms with E-state index in [0.29, 0.717) is 17.4 Å². The third kappa shape index (κ3) is 4.52. The van der Waals surface area contributed by atoms with Gasteiger partial charge in [-0.2, -0.15) is 0 Å². The van der Waals surface area contributed by atoms with Crippen LogP contribution in [0, 0.1) is 13.8 Å². The van der Waals surface area contributed by atoms with E-state index in [2.05, 4.69) is 40.0 Å². The van der Waals surface area contributed by atoms with Crippen LogP contribution in [0.3, 0.4) is 0 Å². The van der Waals surface area contributed by atoms with Gasteiger partial charge >= 0.3 is 0 Å². The number of nitrogens with one attached hydrogen (secondary N) is 1. The Bertz CT molecular complexity index is 1550. The van der Waals surface area contributed by atoms with Crippen molar-refractivity contribution in [1.29, 1.82) is 0 Å². The third-order valence-corrected chi connectivity index (χ3v) is 5.96. The summed E-state index contributed by atoms with van der Waals surface area (Å²) in [4.78, 5) is 9.24. The first-order chi connectivity index (χ1) is 17.3. The maximum atomic E-state index is 5.91. The van der Waals surface area contributed by atoms with E-state index in [1.165, 1.54) is 0 Å². The molecule has 3 aromatic carbocycles. The van der Waals surface area contributed by atoms with Gasteiger partial charge in [-0.15, -0.1) is 0 Å². The van der Waals surface area contributed by atoms with Gasteiger partial charge in [0.25, 0.3) is 0 Å². The van der Waals surface area contributed by atoms with Crippen molar-refractivity contribution in [3.8, 4) is 34.2 Å². The summed E-state index contributed by atoms with van der Waals surface area (Å²) in [5.41, 5.74) is 6.73. The fraction of sp³-hybridized carbons (Fsp3) is 0.241. The molecule has 2 heterocycles. The molecular weight excluding hydrogens is 452 g/mol. The Balaban J connectivity index is 1.54. The minimum atomic E-state index is 0.107. The van der Waals surface area contributed by atoms with Crippen LogP contribution < -0.4 is 14.8 Å². The van der Waals surface area contributed by atoms with E-state index in [1.807, 2.05) is 64.2 Å². The molecule has 0 fully saturated rings. The minimum Gasteiger partial charge on any atom is -0.496 e. The topological polar surface area (TPSA) is 74.3 Å². The molecule has 0 atom stereocenters. The lowest BCUT2D eigenvalue weighted by Crippen LogP contribution is -2.05. The van der Waals surface area contributed by atoms with Crippen LogP contribution in [-0.2, 0) is 7.05 Å². The molecule has 0 aliphatic heterocycles. The van der Waals surface area contributed by atoms with Crippen LogP contribution in [0.25, 0.3) is 33.7 Å². The second-order valence-corrected chi connectivity index (χ2v) is 9.15.